The highest BCUT2D eigenvalue weighted by Gasteiger charge is 2.45. The van der Waals surface area contributed by atoms with Crippen LogP contribution >= 0.6 is 0 Å². The Morgan fingerprint density at radius 3 is 2.92 bits per heavy atom. The van der Waals surface area contributed by atoms with Crippen molar-refractivity contribution in [3.63, 3.8) is 0 Å². The number of imidazole rings is 1. The molecule has 1 aliphatic carbocycles. The first-order valence-corrected chi connectivity index (χ1v) is 4.82. The molecular formula is C10H17N3. The van der Waals surface area contributed by atoms with Crippen molar-refractivity contribution in [2.24, 2.45) is 17.1 Å². The first-order chi connectivity index (χ1) is 6.13. The van der Waals surface area contributed by atoms with E-state index in [0.29, 0.717) is 12.0 Å². The summed E-state index contributed by atoms with van der Waals surface area (Å²) < 4.78 is 2.18. The van der Waals surface area contributed by atoms with Crippen molar-refractivity contribution >= 4 is 0 Å². The molecule has 1 aromatic rings. The Labute approximate surface area is 79.0 Å². The van der Waals surface area contributed by atoms with E-state index in [9.17, 15) is 0 Å². The van der Waals surface area contributed by atoms with Gasteiger partial charge in [0.1, 0.15) is 0 Å². The molecule has 1 atom stereocenters. The quantitative estimate of drug-likeness (QED) is 0.762. The van der Waals surface area contributed by atoms with Gasteiger partial charge in [0, 0.05) is 19.3 Å². The summed E-state index contributed by atoms with van der Waals surface area (Å²) in [4.78, 5) is 4.10. The van der Waals surface area contributed by atoms with Crippen molar-refractivity contribution in [3.8, 4) is 0 Å². The summed E-state index contributed by atoms with van der Waals surface area (Å²) in [7, 11) is 0. The van der Waals surface area contributed by atoms with Crippen molar-refractivity contribution in [1.82, 2.24) is 9.55 Å². The van der Waals surface area contributed by atoms with Gasteiger partial charge in [0.25, 0.3) is 0 Å². The Morgan fingerprint density at radius 1 is 1.69 bits per heavy atom. The minimum absolute atomic E-state index is 0.538. The minimum atomic E-state index is 0.538. The molecule has 1 fully saturated rings. The monoisotopic (exact) mass is 179 g/mol. The molecule has 0 bridgehead atoms. The van der Waals surface area contributed by atoms with Gasteiger partial charge in [-0.15, -0.1) is 0 Å². The number of nitrogens with zero attached hydrogens (tertiary/aromatic N) is 2. The predicted molar refractivity (Wildman–Crippen MR) is 52.0 cm³/mol. The van der Waals surface area contributed by atoms with Crippen LogP contribution in [0.15, 0.2) is 12.5 Å². The molecule has 0 aromatic carbocycles. The number of rotatable bonds is 3. The number of hydrogen-bond donors (Lipinski definition) is 1. The second-order valence-corrected chi connectivity index (χ2v) is 4.63. The Hall–Kier alpha value is -0.830. The fourth-order valence-corrected chi connectivity index (χ4v) is 1.81. The molecule has 1 saturated carbocycles. The molecule has 3 nitrogen and oxygen atoms in total. The molecule has 0 amide bonds. The van der Waals surface area contributed by atoms with Crippen LogP contribution in [0.5, 0.6) is 0 Å². The van der Waals surface area contributed by atoms with E-state index >= 15 is 0 Å². The predicted octanol–water partition coefficient (Wildman–Crippen LogP) is 1.39. The standard InChI is InChI=1S/C10H17N3/c1-10(2)3-8(10)6-13-7-12-5-9(13)4-11/h5,7-8H,3-4,6,11H2,1-2H3. The molecule has 1 unspecified atom stereocenters. The van der Waals surface area contributed by atoms with E-state index in [1.807, 2.05) is 12.5 Å². The maximum atomic E-state index is 5.60. The van der Waals surface area contributed by atoms with Gasteiger partial charge < -0.3 is 10.3 Å². The lowest BCUT2D eigenvalue weighted by molar-refractivity contribution is 0.490. The molecule has 1 heterocycles. The van der Waals surface area contributed by atoms with Crippen LogP contribution in [0.25, 0.3) is 0 Å². The van der Waals surface area contributed by atoms with Gasteiger partial charge in [0.2, 0.25) is 0 Å². The molecule has 1 aromatic heterocycles. The Kier molecular flexibility index (Phi) is 1.91. The van der Waals surface area contributed by atoms with E-state index in [1.165, 1.54) is 6.42 Å². The van der Waals surface area contributed by atoms with Gasteiger partial charge in [-0.05, 0) is 17.8 Å². The average Bonchev–Trinajstić information content (AvgIpc) is 2.50. The van der Waals surface area contributed by atoms with Crippen molar-refractivity contribution in [3.05, 3.63) is 18.2 Å². The topological polar surface area (TPSA) is 43.8 Å². The smallest absolute Gasteiger partial charge is 0.0948 e. The molecule has 0 saturated heterocycles. The SMILES string of the molecule is CC1(C)CC1Cn1cncc1CN. The van der Waals surface area contributed by atoms with Crippen LogP contribution in [-0.4, -0.2) is 9.55 Å². The molecule has 1 aliphatic rings. The molecule has 72 valence electrons. The maximum Gasteiger partial charge on any atom is 0.0948 e. The van der Waals surface area contributed by atoms with E-state index in [1.54, 1.807) is 0 Å². The van der Waals surface area contributed by atoms with Crippen molar-refractivity contribution in [1.29, 1.82) is 0 Å². The van der Waals surface area contributed by atoms with Crippen molar-refractivity contribution in [2.45, 2.75) is 33.4 Å². The molecule has 2 N–H and O–H groups in total. The van der Waals surface area contributed by atoms with E-state index in [2.05, 4.69) is 23.4 Å². The van der Waals surface area contributed by atoms with Crippen LogP contribution in [0.2, 0.25) is 0 Å². The fraction of sp³-hybridized carbons (Fsp3) is 0.700. The van der Waals surface area contributed by atoms with E-state index in [4.69, 9.17) is 5.73 Å². The molecule has 0 aliphatic heterocycles. The highest BCUT2D eigenvalue weighted by molar-refractivity contribution is 5.01. The van der Waals surface area contributed by atoms with Crippen LogP contribution in [0, 0.1) is 11.3 Å². The van der Waals surface area contributed by atoms with Crippen LogP contribution in [0.3, 0.4) is 0 Å². The maximum absolute atomic E-state index is 5.60. The van der Waals surface area contributed by atoms with Crippen molar-refractivity contribution in [2.75, 3.05) is 0 Å². The van der Waals surface area contributed by atoms with Crippen LogP contribution in [0.4, 0.5) is 0 Å². The summed E-state index contributed by atoms with van der Waals surface area (Å²) in [5.41, 5.74) is 7.28. The zero-order valence-corrected chi connectivity index (χ0v) is 8.33. The first-order valence-electron chi connectivity index (χ1n) is 4.82. The van der Waals surface area contributed by atoms with Crippen molar-refractivity contribution < 1.29 is 0 Å². The van der Waals surface area contributed by atoms with Gasteiger partial charge in [0.05, 0.1) is 12.0 Å². The summed E-state index contributed by atoms with van der Waals surface area (Å²) in [5, 5.41) is 0. The Morgan fingerprint density at radius 2 is 2.38 bits per heavy atom. The highest BCUT2D eigenvalue weighted by Crippen LogP contribution is 2.52. The summed E-state index contributed by atoms with van der Waals surface area (Å²) in [5.74, 6) is 0.812. The average molecular weight is 179 g/mol. The highest BCUT2D eigenvalue weighted by atomic mass is 15.1. The second kappa shape index (κ2) is 2.84. The van der Waals surface area contributed by atoms with Gasteiger partial charge in [-0.3, -0.25) is 0 Å². The van der Waals surface area contributed by atoms with Gasteiger partial charge in [0.15, 0.2) is 0 Å². The second-order valence-electron chi connectivity index (χ2n) is 4.63. The number of aromatic nitrogens is 2. The third kappa shape index (κ3) is 1.61. The minimum Gasteiger partial charge on any atom is -0.333 e. The van der Waals surface area contributed by atoms with E-state index in [0.717, 1.165) is 18.2 Å². The van der Waals surface area contributed by atoms with Crippen LogP contribution in [0.1, 0.15) is 26.0 Å². The molecule has 2 rings (SSSR count). The molecule has 0 radical (unpaired) electrons. The summed E-state index contributed by atoms with van der Waals surface area (Å²) in [6.07, 6.45) is 5.07. The summed E-state index contributed by atoms with van der Waals surface area (Å²) in [6.45, 7) is 6.31. The van der Waals surface area contributed by atoms with Gasteiger partial charge in [-0.2, -0.15) is 0 Å². The zero-order valence-electron chi connectivity index (χ0n) is 8.33. The first kappa shape index (κ1) is 8.75. The number of nitrogens with two attached hydrogens (primary N) is 1. The summed E-state index contributed by atoms with van der Waals surface area (Å²) >= 11 is 0. The zero-order chi connectivity index (χ0) is 9.47. The Bertz CT molecular complexity index is 301. The van der Waals surface area contributed by atoms with Crippen LogP contribution in [-0.2, 0) is 13.1 Å². The van der Waals surface area contributed by atoms with E-state index in [-0.39, 0.29) is 0 Å². The van der Waals surface area contributed by atoms with Gasteiger partial charge >= 0.3 is 0 Å². The summed E-state index contributed by atoms with van der Waals surface area (Å²) in [6, 6.07) is 0. The largest absolute Gasteiger partial charge is 0.333 e. The lowest BCUT2D eigenvalue weighted by Crippen LogP contribution is -2.09. The lowest BCUT2D eigenvalue weighted by atomic mass is 10.1. The molecule has 13 heavy (non-hydrogen) atoms. The fourth-order valence-electron chi connectivity index (χ4n) is 1.81. The third-order valence-electron chi connectivity index (χ3n) is 3.14. The third-order valence-corrected chi connectivity index (χ3v) is 3.14. The Balaban J connectivity index is 2.03. The van der Waals surface area contributed by atoms with Gasteiger partial charge in [-0.1, -0.05) is 13.8 Å². The van der Waals surface area contributed by atoms with Crippen LogP contribution < -0.4 is 5.73 Å². The normalized spacial score (nSPS) is 24.7. The molecule has 3 heteroatoms. The molecule has 0 spiro atoms. The molecular weight excluding hydrogens is 162 g/mol. The number of hydrogen-bond acceptors (Lipinski definition) is 2. The van der Waals surface area contributed by atoms with Gasteiger partial charge in [-0.25, -0.2) is 4.98 Å². The van der Waals surface area contributed by atoms with E-state index < -0.39 is 0 Å². The lowest BCUT2D eigenvalue weighted by Gasteiger charge is -2.07.